The fourth-order valence-electron chi connectivity index (χ4n) is 4.23. The number of hydrogen-bond acceptors (Lipinski definition) is 7. The molecule has 1 heterocycles. The van der Waals surface area contributed by atoms with E-state index in [1.54, 1.807) is 36.4 Å². The Kier molecular flexibility index (Phi) is 10.3. The molecule has 0 aliphatic carbocycles. The highest BCUT2D eigenvalue weighted by atomic mass is 79.9. The van der Waals surface area contributed by atoms with Crippen LogP contribution in [-0.2, 0) is 14.4 Å². The third kappa shape index (κ3) is 7.85. The van der Waals surface area contributed by atoms with Crippen LogP contribution in [0.15, 0.2) is 64.0 Å². The Morgan fingerprint density at radius 3 is 2.35 bits per heavy atom. The van der Waals surface area contributed by atoms with E-state index in [4.69, 9.17) is 9.47 Å². The maximum Gasteiger partial charge on any atom is 0.294 e. The van der Waals surface area contributed by atoms with Crippen molar-refractivity contribution in [2.24, 2.45) is 0 Å². The quantitative estimate of drug-likeness (QED) is 0.227. The summed E-state index contributed by atoms with van der Waals surface area (Å²) in [6, 6.07) is 16.1. The van der Waals surface area contributed by atoms with Gasteiger partial charge in [-0.05, 0) is 96.3 Å². The molecule has 0 saturated carbocycles. The number of nitrogens with zero attached hydrogens (tertiary/aromatic N) is 1. The van der Waals surface area contributed by atoms with E-state index < -0.39 is 23.6 Å². The molecule has 1 aliphatic rings. The van der Waals surface area contributed by atoms with E-state index in [0.717, 1.165) is 37.8 Å². The van der Waals surface area contributed by atoms with Crippen molar-refractivity contribution in [2.75, 3.05) is 30.9 Å². The predicted molar refractivity (Wildman–Crippen MR) is 173 cm³/mol. The number of methoxy groups -OCH3 is 1. The Morgan fingerprint density at radius 1 is 0.953 bits per heavy atom. The number of hydrogen-bond donors (Lipinski definition) is 2. The van der Waals surface area contributed by atoms with Gasteiger partial charge in [-0.1, -0.05) is 48.0 Å². The molecule has 1 saturated heterocycles. The summed E-state index contributed by atoms with van der Waals surface area (Å²) in [4.78, 5) is 51.7. The topological polar surface area (TPSA) is 114 Å². The lowest BCUT2D eigenvalue weighted by molar-refractivity contribution is -0.127. The number of anilines is 2. The highest BCUT2D eigenvalue weighted by Crippen LogP contribution is 2.35. The predicted octanol–water partition coefficient (Wildman–Crippen LogP) is 6.89. The minimum atomic E-state index is -0.560. The molecule has 1 fully saturated rings. The Bertz CT molecular complexity index is 1600. The van der Waals surface area contributed by atoms with Crippen LogP contribution in [-0.4, -0.2) is 48.1 Å². The summed E-state index contributed by atoms with van der Waals surface area (Å²) in [5, 5.41) is 5.05. The fourth-order valence-corrected chi connectivity index (χ4v) is 5.50. The fraction of sp³-hybridized carbons (Fsp3) is 0.250. The average molecular weight is 667 g/mol. The van der Waals surface area contributed by atoms with Gasteiger partial charge in [-0.3, -0.25) is 24.1 Å². The second-order valence-corrected chi connectivity index (χ2v) is 12.0. The van der Waals surface area contributed by atoms with Gasteiger partial charge in [0, 0.05) is 15.8 Å². The van der Waals surface area contributed by atoms with E-state index in [1.807, 2.05) is 38.1 Å². The Labute approximate surface area is 263 Å². The number of nitrogens with one attached hydrogen (secondary N) is 2. The zero-order valence-electron chi connectivity index (χ0n) is 24.4. The first-order chi connectivity index (χ1) is 20.5. The molecule has 9 nitrogen and oxygen atoms in total. The van der Waals surface area contributed by atoms with Crippen molar-refractivity contribution in [2.45, 2.75) is 33.6 Å². The van der Waals surface area contributed by atoms with Crippen molar-refractivity contribution in [1.82, 2.24) is 4.90 Å². The molecule has 3 aromatic carbocycles. The Morgan fingerprint density at radius 2 is 1.67 bits per heavy atom. The largest absolute Gasteiger partial charge is 0.493 e. The smallest absolute Gasteiger partial charge is 0.294 e. The molecule has 0 spiro atoms. The summed E-state index contributed by atoms with van der Waals surface area (Å²) in [6.45, 7) is 7.40. The maximum atomic E-state index is 13.0. The van der Waals surface area contributed by atoms with Crippen molar-refractivity contribution in [3.63, 3.8) is 0 Å². The van der Waals surface area contributed by atoms with Crippen LogP contribution in [0.2, 0.25) is 0 Å². The minimum absolute atomic E-state index is 0.175. The number of carbonyl (C=O) groups is 4. The van der Waals surface area contributed by atoms with Gasteiger partial charge in [-0.15, -0.1) is 0 Å². The van der Waals surface area contributed by atoms with Crippen molar-refractivity contribution in [1.29, 1.82) is 0 Å². The first-order valence-corrected chi connectivity index (χ1v) is 15.1. The second kappa shape index (κ2) is 13.9. The molecular formula is C32H32BrN3O6S. The number of rotatable bonds is 10. The van der Waals surface area contributed by atoms with Gasteiger partial charge < -0.3 is 20.1 Å². The minimum Gasteiger partial charge on any atom is -0.493 e. The summed E-state index contributed by atoms with van der Waals surface area (Å²) in [7, 11) is 1.46. The van der Waals surface area contributed by atoms with E-state index in [-0.39, 0.29) is 17.4 Å². The van der Waals surface area contributed by atoms with E-state index in [1.165, 1.54) is 7.11 Å². The van der Waals surface area contributed by atoms with Gasteiger partial charge in [0.05, 0.1) is 12.0 Å². The lowest BCUT2D eigenvalue weighted by Crippen LogP contribution is -2.36. The van der Waals surface area contributed by atoms with Crippen molar-refractivity contribution >= 4 is 68.1 Å². The van der Waals surface area contributed by atoms with E-state index in [2.05, 4.69) is 40.4 Å². The van der Waals surface area contributed by atoms with Crippen LogP contribution in [0.5, 0.6) is 11.5 Å². The number of imide groups is 1. The van der Waals surface area contributed by atoms with Gasteiger partial charge in [-0.2, -0.15) is 0 Å². The molecule has 1 aliphatic heterocycles. The summed E-state index contributed by atoms with van der Waals surface area (Å²) >= 11 is 4.24. The van der Waals surface area contributed by atoms with Crippen LogP contribution in [0.4, 0.5) is 16.2 Å². The molecule has 0 unspecified atom stereocenters. The first-order valence-electron chi connectivity index (χ1n) is 13.5. The molecule has 11 heteroatoms. The zero-order chi connectivity index (χ0) is 31.3. The van der Waals surface area contributed by atoms with Crippen LogP contribution >= 0.6 is 27.7 Å². The molecule has 0 radical (unpaired) electrons. The molecule has 2 N–H and O–H groups in total. The lowest BCUT2D eigenvalue weighted by Gasteiger charge is -2.14. The molecule has 224 valence electrons. The highest BCUT2D eigenvalue weighted by molar-refractivity contribution is 9.10. The molecule has 0 aromatic heterocycles. The number of halogens is 1. The standard InChI is InChI=1S/C32H32BrN3O6S/c1-18(2)22-7-9-23(10-8-22)34-29(37)16-36-31(39)28(43-32(36)40)15-21-6-13-26(27(14-21)41-5)42-17-30(38)35-25-12-11-24(33)19(3)20(25)4/h6-15,18H,16-17H2,1-5H3,(H,34,37)(H,35,38)/b28-15+. The molecule has 0 bridgehead atoms. The van der Waals surface area contributed by atoms with Crippen LogP contribution in [0.3, 0.4) is 0 Å². The molecular weight excluding hydrogens is 634 g/mol. The molecule has 4 amide bonds. The van der Waals surface area contributed by atoms with E-state index in [9.17, 15) is 19.2 Å². The first kappa shape index (κ1) is 31.8. The van der Waals surface area contributed by atoms with Gasteiger partial charge >= 0.3 is 0 Å². The SMILES string of the molecule is COc1cc(/C=C2/SC(=O)N(CC(=O)Nc3ccc(C(C)C)cc3)C2=O)ccc1OCC(=O)Nc1ccc(Br)c(C)c1C. The lowest BCUT2D eigenvalue weighted by atomic mass is 10.0. The van der Waals surface area contributed by atoms with Crippen molar-refractivity contribution in [3.05, 3.63) is 86.2 Å². The number of ether oxygens (including phenoxy) is 2. The summed E-state index contributed by atoms with van der Waals surface area (Å²) in [6.07, 6.45) is 1.55. The number of thioether (sulfide) groups is 1. The summed E-state index contributed by atoms with van der Waals surface area (Å²) < 4.78 is 12.1. The third-order valence-corrected chi connectivity index (χ3v) is 8.64. The molecule has 43 heavy (non-hydrogen) atoms. The van der Waals surface area contributed by atoms with Gasteiger partial charge in [-0.25, -0.2) is 0 Å². The monoisotopic (exact) mass is 665 g/mol. The highest BCUT2D eigenvalue weighted by Gasteiger charge is 2.36. The van der Waals surface area contributed by atoms with Crippen molar-refractivity contribution < 1.29 is 28.7 Å². The van der Waals surface area contributed by atoms with Crippen LogP contribution in [0.25, 0.3) is 6.08 Å². The van der Waals surface area contributed by atoms with Crippen LogP contribution < -0.4 is 20.1 Å². The van der Waals surface area contributed by atoms with Crippen LogP contribution in [0.1, 0.15) is 42.0 Å². The normalized spacial score (nSPS) is 13.9. The van der Waals surface area contributed by atoms with Crippen molar-refractivity contribution in [3.8, 4) is 11.5 Å². The zero-order valence-corrected chi connectivity index (χ0v) is 26.9. The average Bonchev–Trinajstić information content (AvgIpc) is 3.23. The molecule has 4 rings (SSSR count). The number of benzene rings is 3. The van der Waals surface area contributed by atoms with Crippen LogP contribution in [0, 0.1) is 13.8 Å². The third-order valence-electron chi connectivity index (χ3n) is 6.88. The Balaban J connectivity index is 1.37. The van der Waals surface area contributed by atoms with Gasteiger partial charge in [0.25, 0.3) is 17.1 Å². The summed E-state index contributed by atoms with van der Waals surface area (Å²) in [5.41, 5.74) is 4.98. The number of amides is 4. The second-order valence-electron chi connectivity index (χ2n) is 10.2. The summed E-state index contributed by atoms with van der Waals surface area (Å²) in [5.74, 6) is -0.322. The van der Waals surface area contributed by atoms with Gasteiger partial charge in [0.1, 0.15) is 6.54 Å². The van der Waals surface area contributed by atoms with Gasteiger partial charge in [0.2, 0.25) is 5.91 Å². The van der Waals surface area contributed by atoms with Gasteiger partial charge in [0.15, 0.2) is 18.1 Å². The maximum absolute atomic E-state index is 13.0. The van der Waals surface area contributed by atoms with E-state index in [0.29, 0.717) is 34.4 Å². The molecule has 3 aromatic rings. The Hall–Kier alpha value is -4.09. The number of carbonyl (C=O) groups excluding carboxylic acids is 4. The van der Waals surface area contributed by atoms with E-state index >= 15 is 0 Å². The molecule has 0 atom stereocenters.